The van der Waals surface area contributed by atoms with E-state index in [2.05, 4.69) is 5.32 Å². The van der Waals surface area contributed by atoms with Gasteiger partial charge < -0.3 is 5.32 Å². The highest BCUT2D eigenvalue weighted by Gasteiger charge is 2.33. The lowest BCUT2D eigenvalue weighted by Gasteiger charge is -2.31. The van der Waals surface area contributed by atoms with E-state index in [1.807, 2.05) is 25.1 Å². The molecule has 0 aromatic heterocycles. The molecule has 1 N–H and O–H groups in total. The Hall–Kier alpha value is -0.620. The van der Waals surface area contributed by atoms with Crippen molar-refractivity contribution in [2.45, 2.75) is 31.1 Å². The second kappa shape index (κ2) is 6.43. The van der Waals surface area contributed by atoms with Gasteiger partial charge in [-0.15, -0.1) is 0 Å². The fourth-order valence-corrected chi connectivity index (χ4v) is 4.53. The molecular formula is C14H21ClN2O2S. The van der Waals surface area contributed by atoms with Crippen LogP contribution in [-0.2, 0) is 10.0 Å². The SMILES string of the molecule is CC(c1cccc(Cl)c1)N(C)S(=O)(=O)C1CCCNC1. The molecule has 2 unspecified atom stereocenters. The predicted octanol–water partition coefficient (Wildman–Crippen LogP) is 2.41. The van der Waals surface area contributed by atoms with Crippen LogP contribution in [0.25, 0.3) is 0 Å². The highest BCUT2D eigenvalue weighted by Crippen LogP contribution is 2.27. The maximum atomic E-state index is 12.6. The summed E-state index contributed by atoms with van der Waals surface area (Å²) in [6.45, 7) is 3.33. The second-order valence-corrected chi connectivity index (χ2v) is 7.97. The number of nitrogens with zero attached hydrogens (tertiary/aromatic N) is 1. The number of hydrogen-bond acceptors (Lipinski definition) is 3. The van der Waals surface area contributed by atoms with Gasteiger partial charge in [-0.25, -0.2) is 8.42 Å². The van der Waals surface area contributed by atoms with Crippen LogP contribution >= 0.6 is 11.6 Å². The summed E-state index contributed by atoms with van der Waals surface area (Å²) < 4.78 is 26.7. The van der Waals surface area contributed by atoms with Gasteiger partial charge in [0, 0.05) is 24.7 Å². The zero-order chi connectivity index (χ0) is 14.8. The molecule has 0 bridgehead atoms. The Morgan fingerprint density at radius 3 is 2.80 bits per heavy atom. The Bertz CT molecular complexity index is 556. The molecule has 112 valence electrons. The Morgan fingerprint density at radius 2 is 2.20 bits per heavy atom. The van der Waals surface area contributed by atoms with Gasteiger partial charge in [0.15, 0.2) is 0 Å². The van der Waals surface area contributed by atoms with Crippen LogP contribution in [0.4, 0.5) is 0 Å². The van der Waals surface area contributed by atoms with Crippen LogP contribution in [0.5, 0.6) is 0 Å². The van der Waals surface area contributed by atoms with Crippen molar-refractivity contribution in [1.29, 1.82) is 0 Å². The number of benzene rings is 1. The number of hydrogen-bond donors (Lipinski definition) is 1. The smallest absolute Gasteiger partial charge is 0.218 e. The summed E-state index contributed by atoms with van der Waals surface area (Å²) in [4.78, 5) is 0. The lowest BCUT2D eigenvalue weighted by Crippen LogP contribution is -2.45. The normalized spacial score (nSPS) is 21.9. The molecule has 6 heteroatoms. The van der Waals surface area contributed by atoms with Crippen molar-refractivity contribution >= 4 is 21.6 Å². The van der Waals surface area contributed by atoms with Gasteiger partial charge in [-0.2, -0.15) is 4.31 Å². The van der Waals surface area contributed by atoms with Crippen molar-refractivity contribution in [2.75, 3.05) is 20.1 Å². The van der Waals surface area contributed by atoms with Crippen molar-refractivity contribution < 1.29 is 8.42 Å². The molecule has 2 rings (SSSR count). The zero-order valence-electron chi connectivity index (χ0n) is 11.8. The molecule has 20 heavy (non-hydrogen) atoms. The minimum atomic E-state index is -3.29. The minimum Gasteiger partial charge on any atom is -0.315 e. The molecule has 1 aliphatic heterocycles. The van der Waals surface area contributed by atoms with Gasteiger partial charge in [0.1, 0.15) is 0 Å². The van der Waals surface area contributed by atoms with E-state index in [9.17, 15) is 8.42 Å². The van der Waals surface area contributed by atoms with Crippen LogP contribution in [0.15, 0.2) is 24.3 Å². The molecule has 1 aromatic carbocycles. The Kier molecular flexibility index (Phi) is 5.07. The molecule has 4 nitrogen and oxygen atoms in total. The van der Waals surface area contributed by atoms with Crippen molar-refractivity contribution in [1.82, 2.24) is 9.62 Å². The van der Waals surface area contributed by atoms with Crippen LogP contribution in [0, 0.1) is 0 Å². The van der Waals surface area contributed by atoms with E-state index in [4.69, 9.17) is 11.6 Å². The van der Waals surface area contributed by atoms with Crippen LogP contribution < -0.4 is 5.32 Å². The van der Waals surface area contributed by atoms with Gasteiger partial charge in [-0.05, 0) is 44.0 Å². The van der Waals surface area contributed by atoms with E-state index < -0.39 is 10.0 Å². The molecule has 0 radical (unpaired) electrons. The first-order valence-corrected chi connectivity index (χ1v) is 8.74. The van der Waals surface area contributed by atoms with Gasteiger partial charge in [-0.3, -0.25) is 0 Å². The van der Waals surface area contributed by atoms with Gasteiger partial charge >= 0.3 is 0 Å². The minimum absolute atomic E-state index is 0.222. The maximum absolute atomic E-state index is 12.6. The van der Waals surface area contributed by atoms with E-state index in [0.717, 1.165) is 24.9 Å². The van der Waals surface area contributed by atoms with E-state index in [1.54, 1.807) is 13.1 Å². The third-order valence-electron chi connectivity index (χ3n) is 3.95. The first-order valence-electron chi connectivity index (χ1n) is 6.86. The summed E-state index contributed by atoms with van der Waals surface area (Å²) in [7, 11) is -1.65. The molecule has 0 amide bonds. The number of piperidine rings is 1. The van der Waals surface area contributed by atoms with Crippen molar-refractivity contribution in [3.63, 3.8) is 0 Å². The first kappa shape index (κ1) is 15.8. The lowest BCUT2D eigenvalue weighted by atomic mass is 10.1. The summed E-state index contributed by atoms with van der Waals surface area (Å²) in [5, 5.41) is 3.45. The summed E-state index contributed by atoms with van der Waals surface area (Å²) in [5.74, 6) is 0. The van der Waals surface area contributed by atoms with Crippen LogP contribution in [0.2, 0.25) is 5.02 Å². The molecule has 0 spiro atoms. The highest BCUT2D eigenvalue weighted by molar-refractivity contribution is 7.89. The topological polar surface area (TPSA) is 49.4 Å². The van der Waals surface area contributed by atoms with Gasteiger partial charge in [0.05, 0.1) is 5.25 Å². The van der Waals surface area contributed by atoms with Gasteiger partial charge in [-0.1, -0.05) is 23.7 Å². The lowest BCUT2D eigenvalue weighted by molar-refractivity contribution is 0.380. The number of rotatable bonds is 4. The number of nitrogens with one attached hydrogen (secondary N) is 1. The zero-order valence-corrected chi connectivity index (χ0v) is 13.4. The average Bonchev–Trinajstić information content (AvgIpc) is 2.46. The summed E-state index contributed by atoms with van der Waals surface area (Å²) >= 11 is 5.98. The molecule has 2 atom stereocenters. The molecule has 0 aliphatic carbocycles. The summed E-state index contributed by atoms with van der Waals surface area (Å²) in [6.07, 6.45) is 1.63. The third-order valence-corrected chi connectivity index (χ3v) is 6.55. The fraction of sp³-hybridized carbons (Fsp3) is 0.571. The van der Waals surface area contributed by atoms with Crippen molar-refractivity contribution in [3.8, 4) is 0 Å². The molecule has 1 heterocycles. The fourth-order valence-electron chi connectivity index (χ4n) is 2.51. The Morgan fingerprint density at radius 1 is 1.45 bits per heavy atom. The average molecular weight is 317 g/mol. The Balaban J connectivity index is 2.18. The van der Waals surface area contributed by atoms with E-state index in [1.165, 1.54) is 4.31 Å². The number of sulfonamides is 1. The number of halogens is 1. The summed E-state index contributed by atoms with van der Waals surface area (Å²) in [6, 6.07) is 7.13. The van der Waals surface area contributed by atoms with Crippen molar-refractivity contribution in [3.05, 3.63) is 34.9 Å². The van der Waals surface area contributed by atoms with Gasteiger partial charge in [0.2, 0.25) is 10.0 Å². The van der Waals surface area contributed by atoms with Crippen molar-refractivity contribution in [2.24, 2.45) is 0 Å². The molecular weight excluding hydrogens is 296 g/mol. The molecule has 1 aliphatic rings. The Labute approximate surface area is 126 Å². The van der Waals surface area contributed by atoms with Crippen LogP contribution in [0.1, 0.15) is 31.4 Å². The highest BCUT2D eigenvalue weighted by atomic mass is 35.5. The first-order chi connectivity index (χ1) is 9.43. The molecule has 1 fully saturated rings. The van der Waals surface area contributed by atoms with E-state index in [0.29, 0.717) is 11.6 Å². The molecule has 0 saturated carbocycles. The monoisotopic (exact) mass is 316 g/mol. The van der Waals surface area contributed by atoms with Crippen LogP contribution in [0.3, 0.4) is 0 Å². The third kappa shape index (κ3) is 3.34. The van der Waals surface area contributed by atoms with E-state index >= 15 is 0 Å². The standard InChI is InChI=1S/C14H21ClN2O2S/c1-11(12-5-3-6-13(15)9-12)17(2)20(18,19)14-7-4-8-16-10-14/h3,5-6,9,11,14,16H,4,7-8,10H2,1-2H3. The quantitative estimate of drug-likeness (QED) is 0.928. The van der Waals surface area contributed by atoms with Crippen LogP contribution in [-0.4, -0.2) is 38.1 Å². The molecule has 1 saturated heterocycles. The summed E-state index contributed by atoms with van der Waals surface area (Å²) in [5.41, 5.74) is 0.910. The molecule has 1 aromatic rings. The van der Waals surface area contributed by atoms with E-state index in [-0.39, 0.29) is 11.3 Å². The largest absolute Gasteiger partial charge is 0.315 e. The maximum Gasteiger partial charge on any atom is 0.218 e. The predicted molar refractivity (Wildman–Crippen MR) is 82.4 cm³/mol. The second-order valence-electron chi connectivity index (χ2n) is 5.26. The van der Waals surface area contributed by atoms with Gasteiger partial charge in [0.25, 0.3) is 0 Å².